The van der Waals surface area contributed by atoms with Gasteiger partial charge in [-0.1, -0.05) is 6.07 Å². The van der Waals surface area contributed by atoms with E-state index in [4.69, 9.17) is 4.74 Å². The van der Waals surface area contributed by atoms with Crippen LogP contribution in [0.25, 0.3) is 16.6 Å². The molecule has 1 saturated heterocycles. The van der Waals surface area contributed by atoms with E-state index >= 15 is 0 Å². The molecule has 3 amide bonds. The van der Waals surface area contributed by atoms with Crippen molar-refractivity contribution in [3.8, 4) is 17.0 Å². The molecule has 0 bridgehead atoms. The Labute approximate surface area is 232 Å². The van der Waals surface area contributed by atoms with Crippen LogP contribution in [0, 0.1) is 5.41 Å². The Hall–Kier alpha value is -4.68. The second kappa shape index (κ2) is 9.75. The first kappa shape index (κ1) is 26.5. The molecule has 2 fully saturated rings. The van der Waals surface area contributed by atoms with Crippen molar-refractivity contribution in [1.29, 1.82) is 0 Å². The van der Waals surface area contributed by atoms with Gasteiger partial charge in [-0.25, -0.2) is 14.3 Å². The number of methoxy groups -OCH3 is 1. The van der Waals surface area contributed by atoms with Gasteiger partial charge in [0.05, 0.1) is 41.8 Å². The molecular weight excluding hydrogens is 539 g/mol. The Morgan fingerprint density at radius 3 is 2.61 bits per heavy atom. The molecule has 1 spiro atoms. The molecular formula is C28H26F3N7O3. The fourth-order valence-electron chi connectivity index (χ4n) is 5.61. The number of alkyl halides is 3. The van der Waals surface area contributed by atoms with E-state index in [-0.39, 0.29) is 23.1 Å². The summed E-state index contributed by atoms with van der Waals surface area (Å²) < 4.78 is 45.7. The third-order valence-corrected chi connectivity index (χ3v) is 7.89. The zero-order chi connectivity index (χ0) is 28.9. The number of halogens is 3. The van der Waals surface area contributed by atoms with Crippen LogP contribution in [0.5, 0.6) is 5.88 Å². The quantitative estimate of drug-likeness (QED) is 0.380. The lowest BCUT2D eigenvalue weighted by molar-refractivity contribution is -0.137. The van der Waals surface area contributed by atoms with Crippen molar-refractivity contribution in [2.24, 2.45) is 5.41 Å². The molecule has 1 saturated carbocycles. The summed E-state index contributed by atoms with van der Waals surface area (Å²) >= 11 is 0. The monoisotopic (exact) mass is 565 g/mol. The normalized spacial score (nSPS) is 16.3. The molecule has 1 aliphatic carbocycles. The van der Waals surface area contributed by atoms with Crippen LogP contribution in [0.3, 0.4) is 0 Å². The molecule has 212 valence electrons. The van der Waals surface area contributed by atoms with Crippen molar-refractivity contribution in [1.82, 2.24) is 29.4 Å². The van der Waals surface area contributed by atoms with Gasteiger partial charge in [0.15, 0.2) is 0 Å². The summed E-state index contributed by atoms with van der Waals surface area (Å²) in [4.78, 5) is 36.9. The first-order chi connectivity index (χ1) is 19.5. The fraction of sp³-hybridized carbons (Fsp3) is 0.321. The summed E-state index contributed by atoms with van der Waals surface area (Å²) in [6.45, 7) is 1.14. The van der Waals surface area contributed by atoms with Crippen LogP contribution in [0.1, 0.15) is 28.8 Å². The fourth-order valence-corrected chi connectivity index (χ4v) is 5.61. The molecule has 5 heterocycles. The van der Waals surface area contributed by atoms with E-state index in [1.165, 1.54) is 11.1 Å². The van der Waals surface area contributed by atoms with Gasteiger partial charge in [-0.3, -0.25) is 9.78 Å². The number of aromatic nitrogens is 4. The van der Waals surface area contributed by atoms with E-state index in [1.807, 2.05) is 30.5 Å². The number of urea groups is 1. The maximum Gasteiger partial charge on any atom is 0.417 e. The van der Waals surface area contributed by atoms with E-state index < -0.39 is 17.8 Å². The summed E-state index contributed by atoms with van der Waals surface area (Å²) in [5.74, 6) is 0.402. The van der Waals surface area contributed by atoms with Crippen LogP contribution >= 0.6 is 0 Å². The molecule has 1 aliphatic heterocycles. The van der Waals surface area contributed by atoms with Crippen LogP contribution in [-0.4, -0.2) is 74.6 Å². The minimum Gasteiger partial charge on any atom is -0.481 e. The molecule has 0 radical (unpaired) electrons. The van der Waals surface area contributed by atoms with Crippen molar-refractivity contribution in [3.63, 3.8) is 0 Å². The largest absolute Gasteiger partial charge is 0.481 e. The van der Waals surface area contributed by atoms with Gasteiger partial charge in [0.2, 0.25) is 5.88 Å². The van der Waals surface area contributed by atoms with Crippen molar-refractivity contribution >= 4 is 23.1 Å². The number of amides is 3. The summed E-state index contributed by atoms with van der Waals surface area (Å²) in [7, 11) is 3.17. The predicted octanol–water partition coefficient (Wildman–Crippen LogP) is 4.59. The average molecular weight is 566 g/mol. The molecule has 41 heavy (non-hydrogen) atoms. The molecule has 2 aliphatic rings. The number of rotatable bonds is 5. The third-order valence-electron chi connectivity index (χ3n) is 7.89. The van der Waals surface area contributed by atoms with Gasteiger partial charge in [-0.15, -0.1) is 0 Å². The number of hydrogen-bond acceptors (Lipinski definition) is 6. The van der Waals surface area contributed by atoms with E-state index in [0.29, 0.717) is 49.1 Å². The summed E-state index contributed by atoms with van der Waals surface area (Å²) in [6.07, 6.45) is 3.84. The molecule has 4 aromatic rings. The van der Waals surface area contributed by atoms with Gasteiger partial charge in [0, 0.05) is 61.8 Å². The lowest BCUT2D eigenvalue weighted by Crippen LogP contribution is -2.67. The Kier molecular flexibility index (Phi) is 6.31. The average Bonchev–Trinajstić information content (AvgIpc) is 3.34. The van der Waals surface area contributed by atoms with Crippen molar-refractivity contribution in [2.75, 3.05) is 32.6 Å². The number of fused-ring (bicyclic) bond motifs is 1. The summed E-state index contributed by atoms with van der Waals surface area (Å²) in [5, 5.41) is 6.88. The number of hydrogen-bond donors (Lipinski definition) is 1. The van der Waals surface area contributed by atoms with Gasteiger partial charge in [-0.2, -0.15) is 18.3 Å². The van der Waals surface area contributed by atoms with Crippen molar-refractivity contribution in [2.45, 2.75) is 25.1 Å². The minimum absolute atomic E-state index is 0.0212. The number of nitrogens with zero attached hydrogens (tertiary/aromatic N) is 6. The lowest BCUT2D eigenvalue weighted by atomic mass is 9.60. The van der Waals surface area contributed by atoms with Crippen molar-refractivity contribution in [3.05, 3.63) is 72.4 Å². The van der Waals surface area contributed by atoms with Gasteiger partial charge in [-0.05, 0) is 36.6 Å². The number of nitrogens with one attached hydrogen (secondary N) is 1. The minimum atomic E-state index is -4.55. The van der Waals surface area contributed by atoms with Crippen LogP contribution < -0.4 is 10.1 Å². The van der Waals surface area contributed by atoms with Crippen LogP contribution in [0.15, 0.2) is 61.3 Å². The number of carbonyl (C=O) groups excluding carboxylic acids is 2. The number of likely N-dealkylation sites (tertiary alicyclic amines) is 1. The van der Waals surface area contributed by atoms with E-state index in [0.717, 1.165) is 17.2 Å². The molecule has 6 rings (SSSR count). The highest BCUT2D eigenvalue weighted by molar-refractivity contribution is 6.01. The number of carbonyl (C=O) groups is 2. The van der Waals surface area contributed by atoms with Crippen LogP contribution in [0.2, 0.25) is 0 Å². The Morgan fingerprint density at radius 2 is 1.88 bits per heavy atom. The molecule has 0 aromatic carbocycles. The SMILES string of the molecule is COc1cc(-c2ccc3c(C(=O)N4CC5(CC(N(C)C(=O)Nc6cncc(C(F)(F)F)c6)C5)C4)cnn3c2)ccn1. The topological polar surface area (TPSA) is 105 Å². The zero-order valence-electron chi connectivity index (χ0n) is 22.2. The van der Waals surface area contributed by atoms with Gasteiger partial charge < -0.3 is 19.9 Å². The highest BCUT2D eigenvalue weighted by atomic mass is 19.4. The molecule has 0 unspecified atom stereocenters. The Balaban J connectivity index is 1.05. The lowest BCUT2D eigenvalue weighted by Gasteiger charge is -2.60. The summed E-state index contributed by atoms with van der Waals surface area (Å²) in [5.41, 5.74) is 2.02. The first-order valence-corrected chi connectivity index (χ1v) is 12.9. The molecule has 0 atom stereocenters. The smallest absolute Gasteiger partial charge is 0.417 e. The second-order valence-corrected chi connectivity index (χ2v) is 10.6. The number of pyridine rings is 3. The zero-order valence-corrected chi connectivity index (χ0v) is 22.2. The van der Waals surface area contributed by atoms with Crippen LogP contribution in [0.4, 0.5) is 23.7 Å². The van der Waals surface area contributed by atoms with Gasteiger partial charge in [0.1, 0.15) is 0 Å². The van der Waals surface area contributed by atoms with Crippen molar-refractivity contribution < 1.29 is 27.5 Å². The van der Waals surface area contributed by atoms with E-state index in [2.05, 4.69) is 20.4 Å². The van der Waals surface area contributed by atoms with Gasteiger partial charge in [0.25, 0.3) is 5.91 Å². The van der Waals surface area contributed by atoms with Gasteiger partial charge >= 0.3 is 12.2 Å². The second-order valence-electron chi connectivity index (χ2n) is 10.6. The summed E-state index contributed by atoms with van der Waals surface area (Å²) in [6, 6.07) is 7.76. The van der Waals surface area contributed by atoms with Crippen LogP contribution in [-0.2, 0) is 6.18 Å². The van der Waals surface area contributed by atoms with E-state index in [9.17, 15) is 22.8 Å². The molecule has 4 aromatic heterocycles. The standard InChI is InChI=1S/C28H26F3N7O3/c1-36(26(40)35-20-8-19(11-32-12-20)28(29,30)31)21-9-27(10-21)15-37(16-27)25(39)22-13-34-38-14-18(3-4-23(22)38)17-5-6-33-24(7-17)41-2/h3-8,11-14,21H,9-10,15-16H2,1-2H3,(H,35,40). The Bertz CT molecular complexity index is 1640. The predicted molar refractivity (Wildman–Crippen MR) is 142 cm³/mol. The maximum absolute atomic E-state index is 13.3. The molecule has 13 heteroatoms. The highest BCUT2D eigenvalue weighted by Crippen LogP contribution is 2.50. The molecule has 10 nitrogen and oxygen atoms in total. The Morgan fingerprint density at radius 1 is 1.10 bits per heavy atom. The first-order valence-electron chi connectivity index (χ1n) is 12.9. The third kappa shape index (κ3) is 4.92. The molecule has 1 N–H and O–H groups in total. The maximum atomic E-state index is 13.3. The number of anilines is 1. The highest BCUT2D eigenvalue weighted by Gasteiger charge is 2.55. The number of ether oxygens (including phenoxy) is 1. The van der Waals surface area contributed by atoms with E-state index in [1.54, 1.807) is 36.0 Å².